The Bertz CT molecular complexity index is 1120. The van der Waals surface area contributed by atoms with Crippen LogP contribution in [0.3, 0.4) is 0 Å². The molecule has 4 rings (SSSR count). The molecule has 0 amide bonds. The van der Waals surface area contributed by atoms with E-state index in [1.165, 1.54) is 11.6 Å². The molecule has 1 aliphatic carbocycles. The van der Waals surface area contributed by atoms with Gasteiger partial charge in [0, 0.05) is 18.2 Å². The van der Waals surface area contributed by atoms with Gasteiger partial charge in [-0.25, -0.2) is 17.6 Å². The largest absolute Gasteiger partial charge is 0.429 e. The third-order valence-corrected chi connectivity index (χ3v) is 5.37. The number of benzene rings is 3. The number of hydrogen-bond donors (Lipinski definition) is 1. The van der Waals surface area contributed by atoms with Crippen LogP contribution in [0.15, 0.2) is 48.5 Å². The number of nitrogens with one attached hydrogen (secondary N) is 1. The van der Waals surface area contributed by atoms with E-state index in [-0.39, 0.29) is 12.1 Å². The molecule has 2 nitrogen and oxygen atoms in total. The van der Waals surface area contributed by atoms with E-state index < -0.39 is 40.7 Å². The highest BCUT2D eigenvalue weighted by Crippen LogP contribution is 2.36. The molecule has 0 bridgehead atoms. The van der Waals surface area contributed by atoms with Crippen LogP contribution in [-0.4, -0.2) is 13.1 Å². The summed E-state index contributed by atoms with van der Waals surface area (Å²) in [5.74, 6) is -7.43. The summed E-state index contributed by atoms with van der Waals surface area (Å²) in [6.45, 7) is 0. The maximum Gasteiger partial charge on any atom is 0.429 e. The van der Waals surface area contributed by atoms with E-state index in [0.29, 0.717) is 17.2 Å². The van der Waals surface area contributed by atoms with E-state index in [0.717, 1.165) is 30.5 Å². The molecule has 1 unspecified atom stereocenters. The second-order valence-electron chi connectivity index (χ2n) is 7.39. The summed E-state index contributed by atoms with van der Waals surface area (Å²) in [4.78, 5) is 0. The average Bonchev–Trinajstić information content (AvgIpc) is 3.13. The lowest BCUT2D eigenvalue weighted by Crippen LogP contribution is -2.24. The van der Waals surface area contributed by atoms with Gasteiger partial charge in [0.05, 0.1) is 5.56 Å². The number of likely N-dealkylation sites (N-methyl/N-ethyl adjacent to an activating group) is 1. The second kappa shape index (κ2) is 7.92. The molecule has 0 heterocycles. The molecule has 0 saturated heterocycles. The molecule has 1 N–H and O–H groups in total. The highest BCUT2D eigenvalue weighted by atomic mass is 19.3. The van der Waals surface area contributed by atoms with Gasteiger partial charge in [0.1, 0.15) is 11.6 Å². The van der Waals surface area contributed by atoms with E-state index in [2.05, 4.69) is 10.1 Å². The standard InChI is InChI=1S/C23H17F6NO/c1-30-16-7-13-3-2-12(6-15(13)8-16)14-4-5-18(19(24)9-14)23(28,29)31-17-10-20(25)22(27)21(26)11-17/h2-6,9-11,16,30H,7-8H2,1H3. The van der Waals surface area contributed by atoms with Crippen molar-refractivity contribution >= 4 is 0 Å². The Kier molecular flexibility index (Phi) is 5.43. The Morgan fingerprint density at radius 3 is 2.06 bits per heavy atom. The Labute approximate surface area is 174 Å². The second-order valence-corrected chi connectivity index (χ2v) is 7.39. The number of hydrogen-bond acceptors (Lipinski definition) is 2. The van der Waals surface area contributed by atoms with Gasteiger partial charge in [-0.1, -0.05) is 24.3 Å². The van der Waals surface area contributed by atoms with Gasteiger partial charge in [0.15, 0.2) is 17.5 Å². The molecule has 162 valence electrons. The van der Waals surface area contributed by atoms with Gasteiger partial charge in [-0.3, -0.25) is 0 Å². The molecule has 31 heavy (non-hydrogen) atoms. The summed E-state index contributed by atoms with van der Waals surface area (Å²) in [5.41, 5.74) is 2.24. The first-order chi connectivity index (χ1) is 14.7. The van der Waals surface area contributed by atoms with E-state index in [1.807, 2.05) is 19.2 Å². The van der Waals surface area contributed by atoms with Crippen molar-refractivity contribution in [3.63, 3.8) is 0 Å². The van der Waals surface area contributed by atoms with Crippen LogP contribution in [0.25, 0.3) is 11.1 Å². The summed E-state index contributed by atoms with van der Waals surface area (Å²) >= 11 is 0. The Morgan fingerprint density at radius 1 is 0.806 bits per heavy atom. The van der Waals surface area contributed by atoms with Crippen molar-refractivity contribution in [3.05, 3.63) is 88.5 Å². The normalized spacial score (nSPS) is 15.8. The topological polar surface area (TPSA) is 21.3 Å². The van der Waals surface area contributed by atoms with Gasteiger partial charge in [-0.15, -0.1) is 0 Å². The number of halogens is 6. The first kappa shape index (κ1) is 21.2. The van der Waals surface area contributed by atoms with Crippen molar-refractivity contribution in [1.82, 2.24) is 5.32 Å². The van der Waals surface area contributed by atoms with Crippen LogP contribution in [0.2, 0.25) is 0 Å². The zero-order chi connectivity index (χ0) is 22.3. The quantitative estimate of drug-likeness (QED) is 0.407. The molecule has 3 aromatic rings. The van der Waals surface area contributed by atoms with Crippen LogP contribution in [0.4, 0.5) is 26.3 Å². The fourth-order valence-corrected chi connectivity index (χ4v) is 3.73. The maximum absolute atomic E-state index is 14.6. The van der Waals surface area contributed by atoms with Crippen LogP contribution in [0, 0.1) is 23.3 Å². The van der Waals surface area contributed by atoms with Crippen LogP contribution in [-0.2, 0) is 19.0 Å². The molecular weight excluding hydrogens is 420 g/mol. The van der Waals surface area contributed by atoms with Crippen molar-refractivity contribution in [2.75, 3.05) is 7.05 Å². The Hall–Kier alpha value is -3.00. The highest BCUT2D eigenvalue weighted by Gasteiger charge is 2.38. The number of fused-ring (bicyclic) bond motifs is 1. The number of alkyl halides is 2. The van der Waals surface area contributed by atoms with E-state index in [9.17, 15) is 26.3 Å². The molecule has 1 aliphatic rings. The summed E-state index contributed by atoms with van der Waals surface area (Å²) in [5, 5.41) is 3.21. The van der Waals surface area contributed by atoms with Crippen LogP contribution in [0.1, 0.15) is 16.7 Å². The highest BCUT2D eigenvalue weighted by molar-refractivity contribution is 5.66. The van der Waals surface area contributed by atoms with Crippen LogP contribution >= 0.6 is 0 Å². The molecule has 0 spiro atoms. The molecule has 0 aliphatic heterocycles. The van der Waals surface area contributed by atoms with E-state index in [4.69, 9.17) is 0 Å². The Morgan fingerprint density at radius 2 is 1.42 bits per heavy atom. The summed E-state index contributed by atoms with van der Waals surface area (Å²) in [6.07, 6.45) is -2.54. The van der Waals surface area contributed by atoms with Gasteiger partial charge in [-0.05, 0) is 54.3 Å². The summed E-state index contributed by atoms with van der Waals surface area (Å²) < 4.78 is 87.3. The molecule has 0 aromatic heterocycles. The summed E-state index contributed by atoms with van der Waals surface area (Å²) in [7, 11) is 1.88. The minimum absolute atomic E-state index is 0.265. The number of ether oxygens (including phenoxy) is 1. The fourth-order valence-electron chi connectivity index (χ4n) is 3.73. The van der Waals surface area contributed by atoms with Crippen molar-refractivity contribution in [1.29, 1.82) is 0 Å². The van der Waals surface area contributed by atoms with Crippen molar-refractivity contribution in [2.24, 2.45) is 0 Å². The minimum Gasteiger partial charge on any atom is -0.429 e. The van der Waals surface area contributed by atoms with Crippen LogP contribution in [0.5, 0.6) is 5.75 Å². The average molecular weight is 437 g/mol. The first-order valence-corrected chi connectivity index (χ1v) is 9.49. The molecule has 1 atom stereocenters. The maximum atomic E-state index is 14.6. The predicted octanol–water partition coefficient (Wildman–Crippen LogP) is 5.72. The van der Waals surface area contributed by atoms with Gasteiger partial charge < -0.3 is 10.1 Å². The lowest BCUT2D eigenvalue weighted by atomic mass is 9.99. The van der Waals surface area contributed by atoms with E-state index >= 15 is 0 Å². The molecule has 3 aromatic carbocycles. The minimum atomic E-state index is -4.24. The lowest BCUT2D eigenvalue weighted by Gasteiger charge is -2.19. The summed E-state index contributed by atoms with van der Waals surface area (Å²) in [6, 6.07) is 9.60. The molecule has 8 heteroatoms. The molecule has 0 saturated carbocycles. The van der Waals surface area contributed by atoms with Gasteiger partial charge >= 0.3 is 6.11 Å². The fraction of sp³-hybridized carbons (Fsp3) is 0.217. The van der Waals surface area contributed by atoms with Crippen molar-refractivity contribution in [2.45, 2.75) is 25.0 Å². The SMILES string of the molecule is CNC1Cc2ccc(-c3ccc(C(F)(F)Oc4cc(F)c(F)c(F)c4)c(F)c3)cc2C1. The third kappa shape index (κ3) is 4.12. The van der Waals surface area contributed by atoms with Gasteiger partial charge in [0.25, 0.3) is 0 Å². The third-order valence-electron chi connectivity index (χ3n) is 5.37. The number of rotatable bonds is 5. The zero-order valence-electron chi connectivity index (χ0n) is 16.3. The lowest BCUT2D eigenvalue weighted by molar-refractivity contribution is -0.187. The molecular formula is C23H17F6NO. The molecule has 0 fully saturated rings. The first-order valence-electron chi connectivity index (χ1n) is 9.49. The van der Waals surface area contributed by atoms with Gasteiger partial charge in [-0.2, -0.15) is 8.78 Å². The van der Waals surface area contributed by atoms with Crippen LogP contribution < -0.4 is 10.1 Å². The molecule has 0 radical (unpaired) electrons. The zero-order valence-corrected chi connectivity index (χ0v) is 16.3. The smallest absolute Gasteiger partial charge is 0.429 e. The van der Waals surface area contributed by atoms with E-state index in [1.54, 1.807) is 6.07 Å². The predicted molar refractivity (Wildman–Crippen MR) is 103 cm³/mol. The van der Waals surface area contributed by atoms with Crippen molar-refractivity contribution in [3.8, 4) is 16.9 Å². The van der Waals surface area contributed by atoms with Gasteiger partial charge in [0.2, 0.25) is 0 Å². The Balaban J connectivity index is 1.60. The monoisotopic (exact) mass is 437 g/mol. The van der Waals surface area contributed by atoms with Crippen molar-refractivity contribution < 1.29 is 31.1 Å².